The van der Waals surface area contributed by atoms with E-state index >= 15 is 0 Å². The largest absolute Gasteiger partial charge is 0.320 e. The number of rotatable bonds is 5. The number of benzene rings is 2. The number of sulfonamides is 1. The Balaban J connectivity index is 1.36. The fourth-order valence-electron chi connectivity index (χ4n) is 4.27. The molecule has 0 aromatic heterocycles. The zero-order valence-corrected chi connectivity index (χ0v) is 17.8. The fraction of sp³-hybridized carbons (Fsp3) is 0.409. The predicted molar refractivity (Wildman–Crippen MR) is 112 cm³/mol. The third kappa shape index (κ3) is 4.20. The van der Waals surface area contributed by atoms with Crippen molar-refractivity contribution in [2.45, 2.75) is 37.2 Å². The molecule has 4 rings (SSSR count). The summed E-state index contributed by atoms with van der Waals surface area (Å²) in [7, 11) is -3.64. The number of hydrogen-bond acceptors (Lipinski definition) is 3. The van der Waals surface area contributed by atoms with Crippen LogP contribution in [0, 0.1) is 12.7 Å². The van der Waals surface area contributed by atoms with Gasteiger partial charge in [-0.1, -0.05) is 29.8 Å². The first-order chi connectivity index (χ1) is 14.3. The van der Waals surface area contributed by atoms with E-state index in [1.165, 1.54) is 22.0 Å². The number of halogens is 1. The number of carbonyl (C=O) groups excluding carboxylic acids is 1. The maximum Gasteiger partial charge on any atom is 0.320 e. The molecule has 0 saturated carbocycles. The van der Waals surface area contributed by atoms with Crippen LogP contribution in [0.15, 0.2) is 53.4 Å². The highest BCUT2D eigenvalue weighted by Gasteiger charge is 2.37. The van der Waals surface area contributed by atoms with Crippen LogP contribution in [0.4, 0.5) is 9.18 Å². The topological polar surface area (TPSA) is 60.9 Å². The number of aryl methyl sites for hydroxylation is 1. The second-order valence-electron chi connectivity index (χ2n) is 7.98. The molecule has 0 atom stereocenters. The second-order valence-corrected chi connectivity index (χ2v) is 9.91. The molecule has 2 aromatic rings. The zero-order chi connectivity index (χ0) is 21.3. The molecule has 0 radical (unpaired) electrons. The van der Waals surface area contributed by atoms with E-state index in [9.17, 15) is 17.6 Å². The molecule has 0 N–H and O–H groups in total. The van der Waals surface area contributed by atoms with Crippen molar-refractivity contribution in [2.75, 3.05) is 26.2 Å². The average Bonchev–Trinajstić information content (AvgIpc) is 3.09. The van der Waals surface area contributed by atoms with Gasteiger partial charge in [0, 0.05) is 38.8 Å². The van der Waals surface area contributed by atoms with Crippen LogP contribution in [-0.2, 0) is 16.6 Å². The summed E-state index contributed by atoms with van der Waals surface area (Å²) >= 11 is 0. The van der Waals surface area contributed by atoms with Crippen LogP contribution in [0.2, 0.25) is 0 Å². The second kappa shape index (κ2) is 8.35. The monoisotopic (exact) mass is 431 g/mol. The summed E-state index contributed by atoms with van der Waals surface area (Å²) in [6.07, 6.45) is 1.20. The van der Waals surface area contributed by atoms with Crippen molar-refractivity contribution >= 4 is 16.1 Å². The highest BCUT2D eigenvalue weighted by molar-refractivity contribution is 7.89. The molecule has 2 heterocycles. The minimum Gasteiger partial charge on any atom is -0.320 e. The van der Waals surface area contributed by atoms with E-state index in [1.54, 1.807) is 0 Å². The van der Waals surface area contributed by atoms with E-state index in [-0.39, 0.29) is 17.0 Å². The normalized spacial score (nSPS) is 18.9. The molecular weight excluding hydrogens is 405 g/mol. The first-order valence-corrected chi connectivity index (χ1v) is 11.7. The number of nitrogens with zero attached hydrogens (tertiary/aromatic N) is 3. The molecule has 2 aromatic carbocycles. The van der Waals surface area contributed by atoms with Gasteiger partial charge in [0.2, 0.25) is 10.0 Å². The highest BCUT2D eigenvalue weighted by Crippen LogP contribution is 2.26. The molecule has 0 spiro atoms. The van der Waals surface area contributed by atoms with Crippen molar-refractivity contribution in [3.05, 3.63) is 65.5 Å². The summed E-state index contributed by atoms with van der Waals surface area (Å²) in [6.45, 7) is 4.68. The Kier molecular flexibility index (Phi) is 5.79. The molecule has 160 valence electrons. The van der Waals surface area contributed by atoms with Crippen LogP contribution in [-0.4, -0.2) is 60.8 Å². The maximum atomic E-state index is 13.1. The molecular formula is C22H26FN3O3S. The van der Waals surface area contributed by atoms with E-state index in [2.05, 4.69) is 6.07 Å². The lowest BCUT2D eigenvalue weighted by Gasteiger charge is -2.35. The van der Waals surface area contributed by atoms with Crippen LogP contribution in [0.1, 0.15) is 24.0 Å². The lowest BCUT2D eigenvalue weighted by molar-refractivity contribution is 0.153. The molecule has 0 unspecified atom stereocenters. The van der Waals surface area contributed by atoms with Crippen molar-refractivity contribution in [1.29, 1.82) is 0 Å². The van der Waals surface area contributed by atoms with Gasteiger partial charge in [0.1, 0.15) is 5.82 Å². The molecule has 0 aliphatic carbocycles. The van der Waals surface area contributed by atoms with Crippen LogP contribution in [0.3, 0.4) is 0 Å². The molecule has 2 saturated heterocycles. The summed E-state index contributed by atoms with van der Waals surface area (Å²) in [6, 6.07) is 13.1. The Labute approximate surface area is 176 Å². The Morgan fingerprint density at radius 1 is 1.00 bits per heavy atom. The third-order valence-electron chi connectivity index (χ3n) is 5.90. The number of piperidine rings is 1. The Morgan fingerprint density at radius 2 is 1.70 bits per heavy atom. The van der Waals surface area contributed by atoms with Gasteiger partial charge in [-0.3, -0.25) is 0 Å². The van der Waals surface area contributed by atoms with Gasteiger partial charge in [0.25, 0.3) is 0 Å². The first kappa shape index (κ1) is 20.8. The van der Waals surface area contributed by atoms with Crippen molar-refractivity contribution < 1.29 is 17.6 Å². The van der Waals surface area contributed by atoms with E-state index in [1.807, 2.05) is 34.9 Å². The van der Waals surface area contributed by atoms with Crippen LogP contribution in [0.25, 0.3) is 0 Å². The average molecular weight is 432 g/mol. The number of carbonyl (C=O) groups is 1. The van der Waals surface area contributed by atoms with Gasteiger partial charge in [-0.05, 0) is 49.6 Å². The first-order valence-electron chi connectivity index (χ1n) is 10.2. The van der Waals surface area contributed by atoms with Gasteiger partial charge >= 0.3 is 6.03 Å². The molecule has 2 aliphatic heterocycles. The third-order valence-corrected chi connectivity index (χ3v) is 7.81. The van der Waals surface area contributed by atoms with Gasteiger partial charge in [0.15, 0.2) is 0 Å². The van der Waals surface area contributed by atoms with Crippen molar-refractivity contribution in [2.24, 2.45) is 0 Å². The smallest absolute Gasteiger partial charge is 0.320 e. The standard InChI is InChI=1S/C22H26FN3O3S/c1-17-3-2-4-18(15-17)16-24-13-14-26(22(24)27)20-9-11-25(12-10-20)30(28,29)21-7-5-19(23)6-8-21/h2-8,15,20H,9-14,16H2,1H3. The number of amides is 2. The van der Waals surface area contributed by atoms with Gasteiger partial charge in [0.05, 0.1) is 4.90 Å². The van der Waals surface area contributed by atoms with E-state index < -0.39 is 15.8 Å². The molecule has 2 fully saturated rings. The van der Waals surface area contributed by atoms with Crippen LogP contribution >= 0.6 is 0 Å². The van der Waals surface area contributed by atoms with Crippen molar-refractivity contribution in [1.82, 2.24) is 14.1 Å². The molecule has 30 heavy (non-hydrogen) atoms. The molecule has 2 aliphatic rings. The quantitative estimate of drug-likeness (QED) is 0.730. The summed E-state index contributed by atoms with van der Waals surface area (Å²) in [5.41, 5.74) is 2.29. The van der Waals surface area contributed by atoms with Crippen LogP contribution < -0.4 is 0 Å². The number of urea groups is 1. The van der Waals surface area contributed by atoms with E-state index in [4.69, 9.17) is 0 Å². The minimum absolute atomic E-state index is 0.0244. The lowest BCUT2D eigenvalue weighted by atomic mass is 10.1. The van der Waals surface area contributed by atoms with Gasteiger partial charge < -0.3 is 9.80 Å². The SMILES string of the molecule is Cc1cccc(CN2CCN(C3CCN(S(=O)(=O)c4ccc(F)cc4)CC3)C2=O)c1. The molecule has 0 bridgehead atoms. The predicted octanol–water partition coefficient (Wildman–Crippen LogP) is 3.23. The van der Waals surface area contributed by atoms with Gasteiger partial charge in [-0.15, -0.1) is 0 Å². The Morgan fingerprint density at radius 3 is 2.37 bits per heavy atom. The highest BCUT2D eigenvalue weighted by atomic mass is 32.2. The Bertz CT molecular complexity index is 1020. The fourth-order valence-corrected chi connectivity index (χ4v) is 5.74. The van der Waals surface area contributed by atoms with E-state index in [0.29, 0.717) is 45.6 Å². The number of hydrogen-bond donors (Lipinski definition) is 0. The van der Waals surface area contributed by atoms with E-state index in [0.717, 1.165) is 17.7 Å². The minimum atomic E-state index is -3.64. The van der Waals surface area contributed by atoms with Crippen molar-refractivity contribution in [3.63, 3.8) is 0 Å². The summed E-state index contributed by atoms with van der Waals surface area (Å²) < 4.78 is 40.1. The summed E-state index contributed by atoms with van der Waals surface area (Å²) in [5.74, 6) is -0.463. The maximum absolute atomic E-state index is 13.1. The molecule has 6 nitrogen and oxygen atoms in total. The molecule has 2 amide bonds. The van der Waals surface area contributed by atoms with Gasteiger partial charge in [-0.25, -0.2) is 17.6 Å². The summed E-state index contributed by atoms with van der Waals surface area (Å²) in [4.78, 5) is 16.8. The van der Waals surface area contributed by atoms with Gasteiger partial charge in [-0.2, -0.15) is 4.31 Å². The van der Waals surface area contributed by atoms with Crippen molar-refractivity contribution in [3.8, 4) is 0 Å². The summed E-state index contributed by atoms with van der Waals surface area (Å²) in [5, 5.41) is 0. The lowest BCUT2D eigenvalue weighted by Crippen LogP contribution is -2.47. The zero-order valence-electron chi connectivity index (χ0n) is 17.0. The van der Waals surface area contributed by atoms with Crippen LogP contribution in [0.5, 0.6) is 0 Å². The molecule has 8 heteroatoms. The Hall–Kier alpha value is -2.45.